The van der Waals surface area contributed by atoms with Crippen molar-refractivity contribution in [2.75, 3.05) is 5.73 Å². The van der Waals surface area contributed by atoms with Gasteiger partial charge in [-0.25, -0.2) is 13.8 Å². The monoisotopic (exact) mass is 249 g/mol. The van der Waals surface area contributed by atoms with Crippen LogP contribution in [0.1, 0.15) is 12.0 Å². The van der Waals surface area contributed by atoms with Gasteiger partial charge in [-0.05, 0) is 0 Å². The topological polar surface area (TPSA) is 43.8 Å². The van der Waals surface area contributed by atoms with Crippen LogP contribution in [0.25, 0.3) is 11.3 Å². The van der Waals surface area contributed by atoms with E-state index in [-0.39, 0.29) is 5.56 Å². The van der Waals surface area contributed by atoms with Crippen LogP contribution in [0, 0.1) is 0 Å². The highest BCUT2D eigenvalue weighted by molar-refractivity contribution is 5.70. The van der Waals surface area contributed by atoms with Crippen molar-refractivity contribution in [1.29, 1.82) is 0 Å². The Bertz CT molecular complexity index is 544. The third-order valence-electron chi connectivity index (χ3n) is 2.64. The van der Waals surface area contributed by atoms with E-state index in [0.717, 1.165) is 5.56 Å². The summed E-state index contributed by atoms with van der Waals surface area (Å²) in [6.45, 7) is 4.19. The molecule has 5 heteroatoms. The zero-order valence-corrected chi connectivity index (χ0v) is 9.68. The zero-order chi connectivity index (χ0) is 13.1. The SMILES string of the molecule is C=CCn1cnc(-c2ccc(C(F)F)cc2)c1N. The molecule has 2 N–H and O–H groups in total. The Morgan fingerprint density at radius 2 is 2.00 bits per heavy atom. The van der Waals surface area contributed by atoms with E-state index >= 15 is 0 Å². The van der Waals surface area contributed by atoms with Gasteiger partial charge in [-0.1, -0.05) is 30.3 Å². The predicted molar refractivity (Wildman–Crippen MR) is 67.2 cm³/mol. The number of benzene rings is 1. The molecule has 2 aromatic rings. The van der Waals surface area contributed by atoms with Crippen molar-refractivity contribution in [2.24, 2.45) is 0 Å². The predicted octanol–water partition coefficient (Wildman–Crippen LogP) is 3.26. The zero-order valence-electron chi connectivity index (χ0n) is 9.68. The summed E-state index contributed by atoms with van der Waals surface area (Å²) in [4.78, 5) is 4.18. The summed E-state index contributed by atoms with van der Waals surface area (Å²) in [7, 11) is 0. The molecule has 0 unspecified atom stereocenters. The average molecular weight is 249 g/mol. The van der Waals surface area contributed by atoms with E-state index in [1.807, 2.05) is 0 Å². The third-order valence-corrected chi connectivity index (χ3v) is 2.64. The Morgan fingerprint density at radius 1 is 1.33 bits per heavy atom. The Kier molecular flexibility index (Phi) is 3.41. The van der Waals surface area contributed by atoms with Gasteiger partial charge in [0.15, 0.2) is 0 Å². The van der Waals surface area contributed by atoms with Crippen molar-refractivity contribution in [3.8, 4) is 11.3 Å². The lowest BCUT2D eigenvalue weighted by atomic mass is 10.1. The van der Waals surface area contributed by atoms with Gasteiger partial charge in [-0.15, -0.1) is 6.58 Å². The van der Waals surface area contributed by atoms with E-state index in [4.69, 9.17) is 5.73 Å². The molecule has 0 saturated carbocycles. The van der Waals surface area contributed by atoms with Crippen LogP contribution in [0.15, 0.2) is 43.2 Å². The van der Waals surface area contributed by atoms with Gasteiger partial charge in [-0.3, -0.25) is 0 Å². The van der Waals surface area contributed by atoms with Crippen LogP contribution in [0.3, 0.4) is 0 Å². The van der Waals surface area contributed by atoms with E-state index in [1.54, 1.807) is 29.1 Å². The Hall–Kier alpha value is -2.17. The van der Waals surface area contributed by atoms with E-state index < -0.39 is 6.43 Å². The van der Waals surface area contributed by atoms with E-state index in [2.05, 4.69) is 11.6 Å². The summed E-state index contributed by atoms with van der Waals surface area (Å²) >= 11 is 0. The first-order chi connectivity index (χ1) is 8.63. The molecule has 0 bridgehead atoms. The second-order valence-electron chi connectivity index (χ2n) is 3.84. The van der Waals surface area contributed by atoms with Gasteiger partial charge >= 0.3 is 0 Å². The van der Waals surface area contributed by atoms with E-state index in [0.29, 0.717) is 18.1 Å². The average Bonchev–Trinajstić information content (AvgIpc) is 2.72. The smallest absolute Gasteiger partial charge is 0.263 e. The molecule has 1 aromatic heterocycles. The van der Waals surface area contributed by atoms with Gasteiger partial charge in [0.1, 0.15) is 11.5 Å². The van der Waals surface area contributed by atoms with Crippen LogP contribution in [0.4, 0.5) is 14.6 Å². The maximum Gasteiger partial charge on any atom is 0.263 e. The second-order valence-corrected chi connectivity index (χ2v) is 3.84. The highest BCUT2D eigenvalue weighted by atomic mass is 19.3. The van der Waals surface area contributed by atoms with Crippen molar-refractivity contribution in [1.82, 2.24) is 9.55 Å². The molecule has 1 aromatic carbocycles. The lowest BCUT2D eigenvalue weighted by molar-refractivity contribution is 0.151. The highest BCUT2D eigenvalue weighted by Crippen LogP contribution is 2.27. The van der Waals surface area contributed by atoms with Crippen LogP contribution in [0.5, 0.6) is 0 Å². The Morgan fingerprint density at radius 3 is 2.56 bits per heavy atom. The number of nitrogens with zero attached hydrogens (tertiary/aromatic N) is 2. The molecule has 0 aliphatic carbocycles. The molecule has 3 nitrogen and oxygen atoms in total. The number of aromatic nitrogens is 2. The lowest BCUT2D eigenvalue weighted by Crippen LogP contribution is -2.00. The van der Waals surface area contributed by atoms with Crippen molar-refractivity contribution in [3.05, 3.63) is 48.8 Å². The number of anilines is 1. The standard InChI is InChI=1S/C13H13F2N3/c1-2-7-18-8-17-11(13(18)16)9-3-5-10(6-4-9)12(14)15/h2-6,8,12H,1,7,16H2. The maximum atomic E-state index is 12.4. The van der Waals surface area contributed by atoms with Crippen molar-refractivity contribution < 1.29 is 8.78 Å². The molecule has 0 aliphatic rings. The number of alkyl halides is 2. The maximum absolute atomic E-state index is 12.4. The van der Waals surface area contributed by atoms with Gasteiger partial charge in [0, 0.05) is 17.7 Å². The molecule has 0 saturated heterocycles. The summed E-state index contributed by atoms with van der Waals surface area (Å²) in [5.41, 5.74) is 7.23. The summed E-state index contributed by atoms with van der Waals surface area (Å²) in [6, 6.07) is 5.95. The third kappa shape index (κ3) is 2.25. The van der Waals surface area contributed by atoms with Gasteiger partial charge < -0.3 is 10.3 Å². The number of rotatable bonds is 4. The molecule has 0 fully saturated rings. The summed E-state index contributed by atoms with van der Waals surface area (Å²) in [6.07, 6.45) is 0.851. The largest absolute Gasteiger partial charge is 0.383 e. The van der Waals surface area contributed by atoms with Crippen LogP contribution in [0.2, 0.25) is 0 Å². The summed E-state index contributed by atoms with van der Waals surface area (Å²) in [5, 5.41) is 0. The van der Waals surface area contributed by atoms with Crippen LogP contribution >= 0.6 is 0 Å². The normalized spacial score (nSPS) is 10.8. The molecule has 2 rings (SSSR count). The molecule has 0 amide bonds. The number of halogens is 2. The summed E-state index contributed by atoms with van der Waals surface area (Å²) < 4.78 is 26.6. The number of hydrogen-bond acceptors (Lipinski definition) is 2. The van der Waals surface area contributed by atoms with Crippen molar-refractivity contribution in [3.63, 3.8) is 0 Å². The lowest BCUT2D eigenvalue weighted by Gasteiger charge is -2.04. The molecule has 0 aliphatic heterocycles. The Labute approximate surface area is 104 Å². The molecule has 0 atom stereocenters. The minimum Gasteiger partial charge on any atom is -0.383 e. The fraction of sp³-hybridized carbons (Fsp3) is 0.154. The van der Waals surface area contributed by atoms with Gasteiger partial charge in [-0.2, -0.15) is 0 Å². The molecule has 94 valence electrons. The van der Waals surface area contributed by atoms with Crippen LogP contribution in [-0.4, -0.2) is 9.55 Å². The molecule has 1 heterocycles. The number of allylic oxidation sites excluding steroid dienone is 1. The highest BCUT2D eigenvalue weighted by Gasteiger charge is 2.11. The number of nitrogens with two attached hydrogens (primary N) is 1. The number of hydrogen-bond donors (Lipinski definition) is 1. The first-order valence-corrected chi connectivity index (χ1v) is 5.43. The minimum atomic E-state index is -2.46. The summed E-state index contributed by atoms with van der Waals surface area (Å²) in [5.74, 6) is 0.500. The van der Waals surface area contributed by atoms with Crippen LogP contribution in [-0.2, 0) is 6.54 Å². The first-order valence-electron chi connectivity index (χ1n) is 5.43. The quantitative estimate of drug-likeness (QED) is 0.845. The second kappa shape index (κ2) is 5.00. The fourth-order valence-electron chi connectivity index (χ4n) is 1.69. The fourth-order valence-corrected chi connectivity index (χ4v) is 1.69. The number of nitrogen functional groups attached to an aromatic ring is 1. The minimum absolute atomic E-state index is 0.0113. The van der Waals surface area contributed by atoms with Crippen LogP contribution < -0.4 is 5.73 Å². The van der Waals surface area contributed by atoms with E-state index in [9.17, 15) is 8.78 Å². The number of imidazole rings is 1. The molecular weight excluding hydrogens is 236 g/mol. The molecule has 0 spiro atoms. The first kappa shape index (κ1) is 12.3. The van der Waals surface area contributed by atoms with Gasteiger partial charge in [0.05, 0.1) is 6.33 Å². The van der Waals surface area contributed by atoms with Gasteiger partial charge in [0.2, 0.25) is 0 Å². The molecule has 0 radical (unpaired) electrons. The molecular formula is C13H13F2N3. The van der Waals surface area contributed by atoms with Crippen molar-refractivity contribution in [2.45, 2.75) is 13.0 Å². The Balaban J connectivity index is 2.34. The molecule has 18 heavy (non-hydrogen) atoms. The van der Waals surface area contributed by atoms with E-state index in [1.165, 1.54) is 12.1 Å². The van der Waals surface area contributed by atoms with Crippen molar-refractivity contribution >= 4 is 5.82 Å². The van der Waals surface area contributed by atoms with Gasteiger partial charge in [0.25, 0.3) is 6.43 Å².